The summed E-state index contributed by atoms with van der Waals surface area (Å²) >= 11 is 1.36. The van der Waals surface area contributed by atoms with Crippen LogP contribution in [-0.4, -0.2) is 17.9 Å². The number of thiophene rings is 1. The molecule has 126 valence electrons. The SMILES string of the molecule is Cc1cccc(NC(NC(=O)c2ccccc2)C(=O)c2cccs2)c1. The third kappa shape index (κ3) is 4.33. The lowest BCUT2D eigenvalue weighted by Gasteiger charge is -2.20. The molecule has 0 saturated carbocycles. The first-order valence-electron chi connectivity index (χ1n) is 7.90. The number of aryl methyl sites for hydroxylation is 1. The molecule has 5 heteroatoms. The highest BCUT2D eigenvalue weighted by Gasteiger charge is 2.23. The van der Waals surface area contributed by atoms with Crippen molar-refractivity contribution in [3.05, 3.63) is 88.1 Å². The van der Waals surface area contributed by atoms with E-state index < -0.39 is 6.17 Å². The van der Waals surface area contributed by atoms with E-state index in [4.69, 9.17) is 0 Å². The number of Topliss-reactive ketones (excluding diaryl/α,β-unsaturated/α-hetero) is 1. The van der Waals surface area contributed by atoms with Crippen molar-refractivity contribution < 1.29 is 9.59 Å². The summed E-state index contributed by atoms with van der Waals surface area (Å²) in [4.78, 5) is 25.9. The Kier molecular flexibility index (Phi) is 5.26. The van der Waals surface area contributed by atoms with Crippen molar-refractivity contribution in [2.45, 2.75) is 13.1 Å². The minimum atomic E-state index is -0.840. The molecule has 0 radical (unpaired) electrons. The van der Waals surface area contributed by atoms with Gasteiger partial charge in [0.1, 0.15) is 0 Å². The molecule has 2 aromatic carbocycles. The maximum atomic E-state index is 12.8. The number of hydrogen-bond donors (Lipinski definition) is 2. The van der Waals surface area contributed by atoms with Crippen LogP contribution in [0, 0.1) is 6.92 Å². The summed E-state index contributed by atoms with van der Waals surface area (Å²) < 4.78 is 0. The fourth-order valence-corrected chi connectivity index (χ4v) is 3.13. The topological polar surface area (TPSA) is 58.2 Å². The molecule has 3 rings (SSSR count). The lowest BCUT2D eigenvalue weighted by atomic mass is 10.1. The minimum absolute atomic E-state index is 0.166. The Morgan fingerprint density at radius 3 is 2.44 bits per heavy atom. The van der Waals surface area contributed by atoms with Gasteiger partial charge < -0.3 is 10.6 Å². The molecule has 0 spiro atoms. The molecule has 1 heterocycles. The second-order valence-electron chi connectivity index (χ2n) is 5.63. The maximum Gasteiger partial charge on any atom is 0.253 e. The van der Waals surface area contributed by atoms with Crippen molar-refractivity contribution in [3.63, 3.8) is 0 Å². The van der Waals surface area contributed by atoms with Crippen molar-refractivity contribution in [1.29, 1.82) is 0 Å². The van der Waals surface area contributed by atoms with Gasteiger partial charge in [-0.05, 0) is 48.2 Å². The lowest BCUT2D eigenvalue weighted by molar-refractivity contribution is 0.0871. The van der Waals surface area contributed by atoms with Gasteiger partial charge in [0.25, 0.3) is 5.91 Å². The molecule has 0 bridgehead atoms. The van der Waals surface area contributed by atoms with E-state index in [1.54, 1.807) is 30.3 Å². The predicted octanol–water partition coefficient (Wildman–Crippen LogP) is 4.11. The quantitative estimate of drug-likeness (QED) is 0.520. The standard InChI is InChI=1S/C20H18N2O2S/c1-14-7-5-10-16(13-14)21-19(18(23)17-11-6-12-25-17)22-20(24)15-8-3-2-4-9-15/h2-13,19,21H,1H3,(H,22,24). The fraction of sp³-hybridized carbons (Fsp3) is 0.100. The average Bonchev–Trinajstić information content (AvgIpc) is 3.16. The highest BCUT2D eigenvalue weighted by Crippen LogP contribution is 2.16. The van der Waals surface area contributed by atoms with E-state index in [1.807, 2.05) is 48.7 Å². The third-order valence-electron chi connectivity index (χ3n) is 3.67. The zero-order valence-corrected chi connectivity index (χ0v) is 14.5. The molecule has 1 atom stereocenters. The molecule has 1 aromatic heterocycles. The van der Waals surface area contributed by atoms with Crippen LogP contribution in [0.25, 0.3) is 0 Å². The Bertz CT molecular complexity index is 860. The number of amides is 1. The fourth-order valence-electron chi connectivity index (χ4n) is 2.43. The molecule has 0 aliphatic rings. The van der Waals surface area contributed by atoms with Gasteiger partial charge in [-0.1, -0.05) is 36.4 Å². The number of hydrogen-bond acceptors (Lipinski definition) is 4. The highest BCUT2D eigenvalue weighted by atomic mass is 32.1. The van der Waals surface area contributed by atoms with Crippen molar-refractivity contribution in [1.82, 2.24) is 5.32 Å². The van der Waals surface area contributed by atoms with E-state index in [9.17, 15) is 9.59 Å². The molecule has 2 N–H and O–H groups in total. The van der Waals surface area contributed by atoms with Crippen molar-refractivity contribution in [2.75, 3.05) is 5.32 Å². The van der Waals surface area contributed by atoms with Gasteiger partial charge in [0.05, 0.1) is 4.88 Å². The largest absolute Gasteiger partial charge is 0.359 e. The number of carbonyl (C=O) groups is 2. The molecular formula is C20H18N2O2S. The second kappa shape index (κ2) is 7.77. The average molecular weight is 350 g/mol. The summed E-state index contributed by atoms with van der Waals surface area (Å²) in [7, 11) is 0. The summed E-state index contributed by atoms with van der Waals surface area (Å²) in [5.74, 6) is -0.462. The zero-order chi connectivity index (χ0) is 17.6. The maximum absolute atomic E-state index is 12.8. The molecule has 0 fully saturated rings. The van der Waals surface area contributed by atoms with Gasteiger partial charge in [0.15, 0.2) is 6.17 Å². The molecule has 0 aliphatic heterocycles. The molecular weight excluding hydrogens is 332 g/mol. The van der Waals surface area contributed by atoms with Crippen molar-refractivity contribution in [3.8, 4) is 0 Å². The molecule has 1 unspecified atom stereocenters. The highest BCUT2D eigenvalue weighted by molar-refractivity contribution is 7.12. The minimum Gasteiger partial charge on any atom is -0.359 e. The van der Waals surface area contributed by atoms with E-state index in [0.717, 1.165) is 11.3 Å². The lowest BCUT2D eigenvalue weighted by Crippen LogP contribution is -2.46. The van der Waals surface area contributed by atoms with Gasteiger partial charge in [-0.15, -0.1) is 11.3 Å². The molecule has 3 aromatic rings. The first-order chi connectivity index (χ1) is 12.1. The van der Waals surface area contributed by atoms with Crippen LogP contribution in [0.15, 0.2) is 72.1 Å². The predicted molar refractivity (Wildman–Crippen MR) is 101 cm³/mol. The summed E-state index contributed by atoms with van der Waals surface area (Å²) in [6.45, 7) is 1.98. The summed E-state index contributed by atoms with van der Waals surface area (Å²) in [5, 5.41) is 7.77. The van der Waals surface area contributed by atoms with Gasteiger partial charge in [0, 0.05) is 11.3 Å². The Balaban J connectivity index is 1.83. The first-order valence-corrected chi connectivity index (χ1v) is 8.78. The number of anilines is 1. The Labute approximate surface area is 150 Å². The number of rotatable bonds is 6. The van der Waals surface area contributed by atoms with Crippen LogP contribution >= 0.6 is 11.3 Å². The smallest absolute Gasteiger partial charge is 0.253 e. The number of ketones is 1. The number of benzene rings is 2. The van der Waals surface area contributed by atoms with Crippen LogP contribution in [-0.2, 0) is 0 Å². The van der Waals surface area contributed by atoms with Crippen molar-refractivity contribution in [2.24, 2.45) is 0 Å². The summed E-state index contributed by atoms with van der Waals surface area (Å²) in [6.07, 6.45) is -0.840. The molecule has 4 nitrogen and oxygen atoms in total. The van der Waals surface area contributed by atoms with Crippen LogP contribution in [0.5, 0.6) is 0 Å². The van der Waals surface area contributed by atoms with Gasteiger partial charge >= 0.3 is 0 Å². The number of nitrogens with one attached hydrogen (secondary N) is 2. The Morgan fingerprint density at radius 1 is 0.960 bits per heavy atom. The van der Waals surface area contributed by atoms with E-state index in [0.29, 0.717) is 10.4 Å². The Morgan fingerprint density at radius 2 is 1.76 bits per heavy atom. The normalized spacial score (nSPS) is 11.6. The Hall–Kier alpha value is -2.92. The molecule has 25 heavy (non-hydrogen) atoms. The van der Waals surface area contributed by atoms with Gasteiger partial charge in [0.2, 0.25) is 5.78 Å². The second-order valence-corrected chi connectivity index (χ2v) is 6.58. The summed E-state index contributed by atoms with van der Waals surface area (Å²) in [5.41, 5.74) is 2.36. The molecule has 0 aliphatic carbocycles. The van der Waals surface area contributed by atoms with E-state index in [1.165, 1.54) is 11.3 Å². The van der Waals surface area contributed by atoms with Gasteiger partial charge in [-0.2, -0.15) is 0 Å². The molecule has 1 amide bonds. The van der Waals surface area contributed by atoms with Gasteiger partial charge in [-0.3, -0.25) is 9.59 Å². The monoisotopic (exact) mass is 350 g/mol. The van der Waals surface area contributed by atoms with E-state index in [-0.39, 0.29) is 11.7 Å². The van der Waals surface area contributed by atoms with Crippen molar-refractivity contribution >= 4 is 28.7 Å². The van der Waals surface area contributed by atoms with Crippen LogP contribution < -0.4 is 10.6 Å². The van der Waals surface area contributed by atoms with Crippen LogP contribution in [0.4, 0.5) is 5.69 Å². The van der Waals surface area contributed by atoms with Crippen LogP contribution in [0.1, 0.15) is 25.6 Å². The van der Waals surface area contributed by atoms with Crippen LogP contribution in [0.2, 0.25) is 0 Å². The van der Waals surface area contributed by atoms with E-state index in [2.05, 4.69) is 10.6 Å². The van der Waals surface area contributed by atoms with Gasteiger partial charge in [-0.25, -0.2) is 0 Å². The zero-order valence-electron chi connectivity index (χ0n) is 13.7. The van der Waals surface area contributed by atoms with Crippen LogP contribution in [0.3, 0.4) is 0 Å². The first kappa shape index (κ1) is 16.9. The molecule has 0 saturated heterocycles. The van der Waals surface area contributed by atoms with E-state index >= 15 is 0 Å². The third-order valence-corrected chi connectivity index (χ3v) is 4.55. The summed E-state index contributed by atoms with van der Waals surface area (Å²) in [6, 6.07) is 20.1. The number of carbonyl (C=O) groups excluding carboxylic acids is 2.